The van der Waals surface area contributed by atoms with Gasteiger partial charge in [0, 0.05) is 31.4 Å². The molecule has 0 spiro atoms. The highest BCUT2D eigenvalue weighted by molar-refractivity contribution is 6.32. The maximum atomic E-state index is 12.3. The molecule has 0 radical (unpaired) electrons. The Balaban J connectivity index is 1.64. The van der Waals surface area contributed by atoms with Gasteiger partial charge in [0.25, 0.3) is 0 Å². The van der Waals surface area contributed by atoms with Gasteiger partial charge >= 0.3 is 0 Å². The van der Waals surface area contributed by atoms with Crippen molar-refractivity contribution >= 4 is 29.3 Å². The largest absolute Gasteiger partial charge is 0.493 e. The normalized spacial score (nSPS) is 13.8. The van der Waals surface area contributed by atoms with Crippen LogP contribution in [0.2, 0.25) is 5.02 Å². The van der Waals surface area contributed by atoms with Gasteiger partial charge in [-0.25, -0.2) is 0 Å². The van der Waals surface area contributed by atoms with Gasteiger partial charge in [-0.1, -0.05) is 29.8 Å². The zero-order valence-corrected chi connectivity index (χ0v) is 17.0. The van der Waals surface area contributed by atoms with Crippen molar-refractivity contribution in [3.05, 3.63) is 58.6 Å². The van der Waals surface area contributed by atoms with Crippen molar-refractivity contribution in [2.24, 2.45) is 0 Å². The molecule has 3 rings (SSSR count). The molecule has 0 saturated carbocycles. The van der Waals surface area contributed by atoms with E-state index < -0.39 is 0 Å². The van der Waals surface area contributed by atoms with Crippen LogP contribution >= 0.6 is 11.6 Å². The number of carbonyl (C=O) groups excluding carboxylic acids is 1. The molecule has 0 unspecified atom stereocenters. The molecular formula is C22H25ClN2O3. The zero-order valence-electron chi connectivity index (χ0n) is 16.2. The van der Waals surface area contributed by atoms with Gasteiger partial charge in [0.2, 0.25) is 5.91 Å². The van der Waals surface area contributed by atoms with Gasteiger partial charge in [-0.05, 0) is 48.2 Å². The average Bonchev–Trinajstić information content (AvgIpc) is 3.25. The number of anilines is 1. The summed E-state index contributed by atoms with van der Waals surface area (Å²) in [5, 5.41) is 3.39. The lowest BCUT2D eigenvalue weighted by atomic mass is 10.1. The minimum Gasteiger partial charge on any atom is -0.493 e. The third kappa shape index (κ3) is 4.78. The summed E-state index contributed by atoms with van der Waals surface area (Å²) < 4.78 is 10.5. The minimum atomic E-state index is -0.165. The third-order valence-corrected chi connectivity index (χ3v) is 5.06. The van der Waals surface area contributed by atoms with Gasteiger partial charge in [0.15, 0.2) is 11.5 Å². The Morgan fingerprint density at radius 2 is 1.93 bits per heavy atom. The molecule has 1 N–H and O–H groups in total. The number of rotatable bonds is 7. The number of benzene rings is 2. The van der Waals surface area contributed by atoms with E-state index in [0.29, 0.717) is 23.1 Å². The first-order chi connectivity index (χ1) is 13.6. The van der Waals surface area contributed by atoms with E-state index in [0.717, 1.165) is 24.2 Å². The quantitative estimate of drug-likeness (QED) is 0.704. The van der Waals surface area contributed by atoms with Crippen molar-refractivity contribution < 1.29 is 14.3 Å². The molecule has 148 valence electrons. The van der Waals surface area contributed by atoms with Crippen molar-refractivity contribution in [2.45, 2.75) is 19.4 Å². The molecule has 0 aliphatic carbocycles. The summed E-state index contributed by atoms with van der Waals surface area (Å²) in [6.45, 7) is 2.64. The molecule has 0 bridgehead atoms. The predicted octanol–water partition coefficient (Wildman–Crippen LogP) is 4.29. The van der Waals surface area contributed by atoms with Crippen LogP contribution in [0.3, 0.4) is 0 Å². The van der Waals surface area contributed by atoms with Crippen LogP contribution < -0.4 is 19.7 Å². The van der Waals surface area contributed by atoms with E-state index >= 15 is 0 Å². The highest BCUT2D eigenvalue weighted by Gasteiger charge is 2.15. The van der Waals surface area contributed by atoms with Gasteiger partial charge in [-0.3, -0.25) is 4.79 Å². The van der Waals surface area contributed by atoms with E-state index in [9.17, 15) is 4.79 Å². The van der Waals surface area contributed by atoms with Gasteiger partial charge in [-0.15, -0.1) is 0 Å². The number of ether oxygens (including phenoxy) is 2. The maximum Gasteiger partial charge on any atom is 0.244 e. The molecule has 1 amide bonds. The van der Waals surface area contributed by atoms with E-state index in [4.69, 9.17) is 21.1 Å². The first kappa shape index (κ1) is 20.1. The van der Waals surface area contributed by atoms with Gasteiger partial charge in [-0.2, -0.15) is 0 Å². The van der Waals surface area contributed by atoms with Gasteiger partial charge in [0.05, 0.1) is 19.2 Å². The number of amides is 1. The van der Waals surface area contributed by atoms with E-state index in [2.05, 4.69) is 22.3 Å². The number of methoxy groups -OCH3 is 2. The van der Waals surface area contributed by atoms with Crippen LogP contribution in [0.4, 0.5) is 5.69 Å². The lowest BCUT2D eigenvalue weighted by Gasteiger charge is -2.21. The predicted molar refractivity (Wildman–Crippen MR) is 113 cm³/mol. The second-order valence-corrected chi connectivity index (χ2v) is 7.02. The van der Waals surface area contributed by atoms with Crippen molar-refractivity contribution in [1.82, 2.24) is 5.32 Å². The Morgan fingerprint density at radius 1 is 1.18 bits per heavy atom. The fraction of sp³-hybridized carbons (Fsp3) is 0.318. The SMILES string of the molecule is COc1cc(/C=C/C(=O)NCc2ccccc2N2CCCC2)cc(Cl)c1OC. The summed E-state index contributed by atoms with van der Waals surface area (Å²) >= 11 is 6.21. The molecule has 1 aliphatic heterocycles. The molecular weight excluding hydrogens is 376 g/mol. The van der Waals surface area contributed by atoms with Crippen LogP contribution in [0.1, 0.15) is 24.0 Å². The van der Waals surface area contributed by atoms with Crippen molar-refractivity contribution in [3.63, 3.8) is 0 Å². The number of hydrogen-bond acceptors (Lipinski definition) is 4. The Kier molecular flexibility index (Phi) is 6.82. The third-order valence-electron chi connectivity index (χ3n) is 4.77. The second kappa shape index (κ2) is 9.51. The van der Waals surface area contributed by atoms with Crippen molar-refractivity contribution in [2.75, 3.05) is 32.2 Å². The number of nitrogens with zero attached hydrogens (tertiary/aromatic N) is 1. The molecule has 1 aliphatic rings. The molecule has 1 fully saturated rings. The van der Waals surface area contributed by atoms with Crippen LogP contribution in [-0.2, 0) is 11.3 Å². The lowest BCUT2D eigenvalue weighted by molar-refractivity contribution is -0.116. The van der Waals surface area contributed by atoms with Crippen LogP contribution in [0.15, 0.2) is 42.5 Å². The van der Waals surface area contributed by atoms with Crippen LogP contribution in [-0.4, -0.2) is 33.2 Å². The van der Waals surface area contributed by atoms with Gasteiger partial charge in [0.1, 0.15) is 0 Å². The fourth-order valence-electron chi connectivity index (χ4n) is 3.37. The summed E-state index contributed by atoms with van der Waals surface area (Å²) in [6, 6.07) is 11.7. The summed E-state index contributed by atoms with van der Waals surface area (Å²) in [6.07, 6.45) is 5.64. The van der Waals surface area contributed by atoms with E-state index in [1.54, 1.807) is 25.3 Å². The molecule has 2 aromatic carbocycles. The van der Waals surface area contributed by atoms with Crippen LogP contribution in [0, 0.1) is 0 Å². The standard InChI is InChI=1S/C22H25ClN2O3/c1-27-20-14-16(13-18(23)22(20)28-2)9-10-21(26)24-15-17-7-3-4-8-19(17)25-11-5-6-12-25/h3-4,7-10,13-14H,5-6,11-12,15H2,1-2H3,(H,24,26)/b10-9+. The number of halogens is 1. The molecule has 6 heteroatoms. The smallest absolute Gasteiger partial charge is 0.244 e. The summed E-state index contributed by atoms with van der Waals surface area (Å²) in [5.74, 6) is 0.834. The first-order valence-corrected chi connectivity index (χ1v) is 9.70. The number of nitrogens with one attached hydrogen (secondary N) is 1. The zero-order chi connectivity index (χ0) is 19.9. The Bertz CT molecular complexity index is 861. The fourth-order valence-corrected chi connectivity index (χ4v) is 3.67. The molecule has 28 heavy (non-hydrogen) atoms. The maximum absolute atomic E-state index is 12.3. The number of para-hydroxylation sites is 1. The molecule has 1 heterocycles. The lowest BCUT2D eigenvalue weighted by Crippen LogP contribution is -2.24. The topological polar surface area (TPSA) is 50.8 Å². The molecule has 5 nitrogen and oxygen atoms in total. The average molecular weight is 401 g/mol. The molecule has 1 saturated heterocycles. The Labute approximate surface area is 170 Å². The monoisotopic (exact) mass is 400 g/mol. The minimum absolute atomic E-state index is 0.165. The van der Waals surface area contributed by atoms with E-state index in [1.807, 2.05) is 12.1 Å². The summed E-state index contributed by atoms with van der Waals surface area (Å²) in [7, 11) is 3.08. The molecule has 0 atom stereocenters. The first-order valence-electron chi connectivity index (χ1n) is 9.32. The molecule has 2 aromatic rings. The van der Waals surface area contributed by atoms with Crippen LogP contribution in [0.25, 0.3) is 6.08 Å². The summed E-state index contributed by atoms with van der Waals surface area (Å²) in [5.41, 5.74) is 3.09. The Hall–Kier alpha value is -2.66. The second-order valence-electron chi connectivity index (χ2n) is 6.61. The highest BCUT2D eigenvalue weighted by Crippen LogP contribution is 2.36. The van der Waals surface area contributed by atoms with Crippen LogP contribution in [0.5, 0.6) is 11.5 Å². The van der Waals surface area contributed by atoms with Crippen molar-refractivity contribution in [3.8, 4) is 11.5 Å². The van der Waals surface area contributed by atoms with E-state index in [1.165, 1.54) is 31.7 Å². The number of carbonyl (C=O) groups is 1. The molecule has 0 aromatic heterocycles. The highest BCUT2D eigenvalue weighted by atomic mass is 35.5. The Morgan fingerprint density at radius 3 is 2.64 bits per heavy atom. The van der Waals surface area contributed by atoms with Crippen molar-refractivity contribution in [1.29, 1.82) is 0 Å². The number of hydrogen-bond donors (Lipinski definition) is 1. The summed E-state index contributed by atoms with van der Waals surface area (Å²) in [4.78, 5) is 14.7. The van der Waals surface area contributed by atoms with Gasteiger partial charge < -0.3 is 19.7 Å². The van der Waals surface area contributed by atoms with E-state index in [-0.39, 0.29) is 5.91 Å².